The lowest BCUT2D eigenvalue weighted by Crippen LogP contribution is -2.45. The summed E-state index contributed by atoms with van der Waals surface area (Å²) in [7, 11) is 0.163. The van der Waals surface area contributed by atoms with Crippen molar-refractivity contribution in [3.8, 4) is 5.75 Å². The Hall–Kier alpha value is -2.01. The maximum absolute atomic E-state index is 12.4. The van der Waals surface area contributed by atoms with Crippen LogP contribution in [0, 0.1) is 0 Å². The predicted molar refractivity (Wildman–Crippen MR) is 137 cm³/mol. The number of sulfone groups is 1. The van der Waals surface area contributed by atoms with Crippen LogP contribution in [0.5, 0.6) is 5.75 Å². The standard InChI is InChI=1S/C22H30N4O3S.HI/c1-23-22(24-14-8-16-30(27,28)19-9-4-3-5-10-19)25-18-13-15-26(17-18)20-11-6-7-12-21(20)29-2;/h3-7,9-12,18H,8,13-17H2,1-2H3,(H2,23,24,25);1H. The zero-order chi connectivity index (χ0) is 21.4. The number of nitrogens with zero attached hydrogens (tertiary/aromatic N) is 2. The van der Waals surface area contributed by atoms with Crippen LogP contribution in [-0.2, 0) is 9.84 Å². The monoisotopic (exact) mass is 558 g/mol. The van der Waals surface area contributed by atoms with E-state index < -0.39 is 9.84 Å². The molecule has 0 radical (unpaired) electrons. The van der Waals surface area contributed by atoms with E-state index in [1.165, 1.54) is 0 Å². The molecule has 1 aliphatic rings. The summed E-state index contributed by atoms with van der Waals surface area (Å²) in [6.45, 7) is 2.32. The average Bonchev–Trinajstić information content (AvgIpc) is 3.24. The molecular formula is C22H31IN4O3S. The molecule has 1 saturated heterocycles. The van der Waals surface area contributed by atoms with Gasteiger partial charge < -0.3 is 20.3 Å². The van der Waals surface area contributed by atoms with E-state index in [1.54, 1.807) is 38.4 Å². The number of hydrogen-bond acceptors (Lipinski definition) is 5. The lowest BCUT2D eigenvalue weighted by Gasteiger charge is -2.22. The van der Waals surface area contributed by atoms with Crippen LogP contribution in [0.4, 0.5) is 5.69 Å². The van der Waals surface area contributed by atoms with Crippen molar-refractivity contribution < 1.29 is 13.2 Å². The van der Waals surface area contributed by atoms with Crippen LogP contribution in [0.3, 0.4) is 0 Å². The van der Waals surface area contributed by atoms with Crippen LogP contribution in [-0.4, -0.2) is 60.0 Å². The molecule has 0 spiro atoms. The van der Waals surface area contributed by atoms with Crippen LogP contribution < -0.4 is 20.3 Å². The number of ether oxygens (including phenoxy) is 1. The predicted octanol–water partition coefficient (Wildman–Crippen LogP) is 2.92. The number of benzene rings is 2. The summed E-state index contributed by atoms with van der Waals surface area (Å²) in [6.07, 6.45) is 1.50. The Labute approximate surface area is 202 Å². The Morgan fingerprint density at radius 1 is 1.16 bits per heavy atom. The molecule has 1 fully saturated rings. The summed E-state index contributed by atoms with van der Waals surface area (Å²) < 4.78 is 30.2. The Morgan fingerprint density at radius 3 is 2.58 bits per heavy atom. The third kappa shape index (κ3) is 6.99. The molecule has 0 aliphatic carbocycles. The van der Waals surface area contributed by atoms with E-state index >= 15 is 0 Å². The SMILES string of the molecule is CN=C(NCCCS(=O)(=O)c1ccccc1)NC1CCN(c2ccccc2OC)C1.I. The lowest BCUT2D eigenvalue weighted by molar-refractivity contribution is 0.415. The number of hydrogen-bond donors (Lipinski definition) is 2. The number of guanidine groups is 1. The van der Waals surface area contributed by atoms with Crippen LogP contribution in [0.25, 0.3) is 0 Å². The van der Waals surface area contributed by atoms with Gasteiger partial charge in [-0.05, 0) is 37.1 Å². The fourth-order valence-electron chi connectivity index (χ4n) is 3.59. The summed E-state index contributed by atoms with van der Waals surface area (Å²) >= 11 is 0. The zero-order valence-corrected chi connectivity index (χ0v) is 21.1. The number of para-hydroxylation sites is 2. The molecular weight excluding hydrogens is 527 g/mol. The Morgan fingerprint density at radius 2 is 1.87 bits per heavy atom. The highest BCUT2D eigenvalue weighted by Gasteiger charge is 2.25. The number of halogens is 1. The molecule has 1 unspecified atom stereocenters. The minimum absolute atomic E-state index is 0. The molecule has 1 heterocycles. The van der Waals surface area contributed by atoms with Crippen molar-refractivity contribution in [3.63, 3.8) is 0 Å². The summed E-state index contributed by atoms with van der Waals surface area (Å²) in [5, 5.41) is 6.67. The van der Waals surface area contributed by atoms with E-state index in [9.17, 15) is 8.42 Å². The van der Waals surface area contributed by atoms with Crippen molar-refractivity contribution in [3.05, 3.63) is 54.6 Å². The first-order valence-electron chi connectivity index (χ1n) is 10.2. The van der Waals surface area contributed by atoms with Gasteiger partial charge in [0.2, 0.25) is 0 Å². The molecule has 0 saturated carbocycles. The molecule has 0 bridgehead atoms. The highest BCUT2D eigenvalue weighted by atomic mass is 127. The second kappa shape index (κ2) is 12.1. The van der Waals surface area contributed by atoms with Gasteiger partial charge >= 0.3 is 0 Å². The van der Waals surface area contributed by atoms with Gasteiger partial charge in [0.05, 0.1) is 23.4 Å². The van der Waals surface area contributed by atoms with Crippen molar-refractivity contribution in [2.24, 2.45) is 4.99 Å². The van der Waals surface area contributed by atoms with Crippen LogP contribution >= 0.6 is 24.0 Å². The van der Waals surface area contributed by atoms with Gasteiger partial charge in [0.25, 0.3) is 0 Å². The van der Waals surface area contributed by atoms with E-state index in [2.05, 4.69) is 26.6 Å². The number of anilines is 1. The minimum atomic E-state index is -3.25. The van der Waals surface area contributed by atoms with Crippen molar-refractivity contribution in [2.45, 2.75) is 23.8 Å². The van der Waals surface area contributed by atoms with Gasteiger partial charge in [-0.1, -0.05) is 30.3 Å². The van der Waals surface area contributed by atoms with Gasteiger partial charge in [-0.3, -0.25) is 4.99 Å². The lowest BCUT2D eigenvalue weighted by atomic mass is 10.2. The quantitative estimate of drug-likeness (QED) is 0.225. The van der Waals surface area contributed by atoms with Gasteiger partial charge in [-0.25, -0.2) is 8.42 Å². The molecule has 31 heavy (non-hydrogen) atoms. The molecule has 0 amide bonds. The van der Waals surface area contributed by atoms with Crippen molar-refractivity contribution in [2.75, 3.05) is 44.4 Å². The van der Waals surface area contributed by atoms with Crippen LogP contribution in [0.15, 0.2) is 64.5 Å². The zero-order valence-electron chi connectivity index (χ0n) is 18.0. The van der Waals surface area contributed by atoms with Gasteiger partial charge in [0, 0.05) is 32.7 Å². The molecule has 1 atom stereocenters. The number of rotatable bonds is 8. The number of nitrogens with one attached hydrogen (secondary N) is 2. The summed E-state index contributed by atoms with van der Waals surface area (Å²) in [5.74, 6) is 1.67. The van der Waals surface area contributed by atoms with Crippen molar-refractivity contribution >= 4 is 45.5 Å². The summed E-state index contributed by atoms with van der Waals surface area (Å²) in [5.41, 5.74) is 1.10. The van der Waals surface area contributed by atoms with E-state index in [0.29, 0.717) is 23.8 Å². The maximum atomic E-state index is 12.4. The average molecular weight is 558 g/mol. The molecule has 9 heteroatoms. The summed E-state index contributed by atoms with van der Waals surface area (Å²) in [6, 6.07) is 16.9. The van der Waals surface area contributed by atoms with Crippen LogP contribution in [0.2, 0.25) is 0 Å². The number of methoxy groups -OCH3 is 1. The first-order chi connectivity index (χ1) is 14.5. The Kier molecular flexibility index (Phi) is 9.89. The fourth-order valence-corrected chi connectivity index (χ4v) is 4.92. The van der Waals surface area contributed by atoms with Gasteiger partial charge in [0.1, 0.15) is 5.75 Å². The minimum Gasteiger partial charge on any atom is -0.495 e. The smallest absolute Gasteiger partial charge is 0.191 e. The molecule has 170 valence electrons. The van der Waals surface area contributed by atoms with E-state index in [0.717, 1.165) is 30.9 Å². The molecule has 3 rings (SSSR count). The molecule has 0 aromatic heterocycles. The Bertz CT molecular complexity index is 954. The molecule has 2 aromatic rings. The van der Waals surface area contributed by atoms with Gasteiger partial charge in [-0.2, -0.15) is 0 Å². The molecule has 2 aromatic carbocycles. The van der Waals surface area contributed by atoms with Crippen molar-refractivity contribution in [1.82, 2.24) is 10.6 Å². The fraction of sp³-hybridized carbons (Fsp3) is 0.409. The first kappa shape index (κ1) is 25.3. The van der Waals surface area contributed by atoms with Crippen LogP contribution in [0.1, 0.15) is 12.8 Å². The molecule has 2 N–H and O–H groups in total. The van der Waals surface area contributed by atoms with Gasteiger partial charge in [-0.15, -0.1) is 24.0 Å². The van der Waals surface area contributed by atoms with Crippen molar-refractivity contribution in [1.29, 1.82) is 0 Å². The van der Waals surface area contributed by atoms with E-state index in [-0.39, 0.29) is 35.8 Å². The second-order valence-electron chi connectivity index (χ2n) is 7.23. The maximum Gasteiger partial charge on any atom is 0.191 e. The van der Waals surface area contributed by atoms with E-state index in [4.69, 9.17) is 4.74 Å². The second-order valence-corrected chi connectivity index (χ2v) is 9.34. The first-order valence-corrected chi connectivity index (χ1v) is 11.8. The highest BCUT2D eigenvalue weighted by Crippen LogP contribution is 2.30. The largest absolute Gasteiger partial charge is 0.495 e. The number of aliphatic imine (C=N–C) groups is 1. The highest BCUT2D eigenvalue weighted by molar-refractivity contribution is 14.0. The Balaban J connectivity index is 0.00000341. The molecule has 7 nitrogen and oxygen atoms in total. The normalized spacial score (nSPS) is 16.5. The summed E-state index contributed by atoms with van der Waals surface area (Å²) in [4.78, 5) is 6.95. The topological polar surface area (TPSA) is 83.0 Å². The van der Waals surface area contributed by atoms with E-state index in [1.807, 2.05) is 24.3 Å². The van der Waals surface area contributed by atoms with Gasteiger partial charge in [0.15, 0.2) is 15.8 Å². The third-order valence-corrected chi connectivity index (χ3v) is 6.98. The third-order valence-electron chi connectivity index (χ3n) is 5.16. The molecule has 1 aliphatic heterocycles.